The molecule has 1 atom stereocenters. The minimum Gasteiger partial charge on any atom is -0.314 e. The quantitative estimate of drug-likeness (QED) is 0.780. The second-order valence-electron chi connectivity index (χ2n) is 6.26. The van der Waals surface area contributed by atoms with Crippen molar-refractivity contribution >= 4 is 10.9 Å². The van der Waals surface area contributed by atoms with Crippen LogP contribution >= 0.6 is 0 Å². The van der Waals surface area contributed by atoms with E-state index in [1.165, 1.54) is 22.1 Å². The molecule has 1 unspecified atom stereocenters. The van der Waals surface area contributed by atoms with Crippen LogP contribution in [0.4, 0.5) is 0 Å². The molecule has 23 heavy (non-hydrogen) atoms. The first-order valence-electron chi connectivity index (χ1n) is 8.08. The highest BCUT2D eigenvalue weighted by molar-refractivity contribution is 5.79. The van der Waals surface area contributed by atoms with Crippen molar-refractivity contribution in [2.75, 3.05) is 19.6 Å². The van der Waals surface area contributed by atoms with Crippen LogP contribution in [0, 0.1) is 6.92 Å². The van der Waals surface area contributed by atoms with E-state index in [1.807, 2.05) is 18.6 Å². The third-order valence-electron chi connectivity index (χ3n) is 4.54. The molecule has 0 bridgehead atoms. The van der Waals surface area contributed by atoms with E-state index in [0.717, 1.165) is 31.7 Å². The molecule has 1 aliphatic heterocycles. The van der Waals surface area contributed by atoms with Crippen LogP contribution in [0.25, 0.3) is 10.9 Å². The number of pyridine rings is 1. The van der Waals surface area contributed by atoms with Gasteiger partial charge in [-0.05, 0) is 30.7 Å². The molecule has 1 aliphatic rings. The van der Waals surface area contributed by atoms with Gasteiger partial charge in [-0.15, -0.1) is 0 Å². The number of nitrogens with one attached hydrogen (secondary N) is 2. The Balaban J connectivity index is 1.60. The molecule has 5 heteroatoms. The Bertz CT molecular complexity index is 796. The van der Waals surface area contributed by atoms with E-state index >= 15 is 0 Å². The number of hydrogen-bond donors (Lipinski definition) is 2. The molecule has 4 rings (SSSR count). The van der Waals surface area contributed by atoms with Crippen LogP contribution in [0.15, 0.2) is 42.9 Å². The van der Waals surface area contributed by atoms with Gasteiger partial charge in [-0.25, -0.2) is 0 Å². The van der Waals surface area contributed by atoms with Crippen molar-refractivity contribution in [3.05, 3.63) is 59.5 Å². The van der Waals surface area contributed by atoms with Gasteiger partial charge in [-0.2, -0.15) is 5.10 Å². The summed E-state index contributed by atoms with van der Waals surface area (Å²) in [4.78, 5) is 7.11. The topological polar surface area (TPSA) is 56.8 Å². The van der Waals surface area contributed by atoms with Crippen molar-refractivity contribution in [2.24, 2.45) is 0 Å². The van der Waals surface area contributed by atoms with E-state index in [-0.39, 0.29) is 0 Å². The highest BCUT2D eigenvalue weighted by Crippen LogP contribution is 2.24. The highest BCUT2D eigenvalue weighted by atomic mass is 15.2. The number of rotatable bonds is 3. The lowest BCUT2D eigenvalue weighted by Gasteiger charge is -2.35. The summed E-state index contributed by atoms with van der Waals surface area (Å²) in [5.41, 5.74) is 4.83. The SMILES string of the molecule is Cc1ccc2ncc(CN3CCNCC3c3cn[nH]c3)cc2c1. The first-order valence-corrected chi connectivity index (χ1v) is 8.08. The van der Waals surface area contributed by atoms with Crippen LogP contribution in [0.3, 0.4) is 0 Å². The Labute approximate surface area is 135 Å². The van der Waals surface area contributed by atoms with E-state index in [2.05, 4.69) is 56.6 Å². The van der Waals surface area contributed by atoms with Crippen molar-refractivity contribution in [2.45, 2.75) is 19.5 Å². The van der Waals surface area contributed by atoms with E-state index < -0.39 is 0 Å². The van der Waals surface area contributed by atoms with E-state index in [0.29, 0.717) is 6.04 Å². The number of benzene rings is 1. The van der Waals surface area contributed by atoms with E-state index in [1.54, 1.807) is 0 Å². The third kappa shape index (κ3) is 2.98. The predicted octanol–water partition coefficient (Wildman–Crippen LogP) is 2.41. The van der Waals surface area contributed by atoms with E-state index in [9.17, 15) is 0 Å². The Morgan fingerprint density at radius 2 is 2.22 bits per heavy atom. The molecular formula is C18H21N5. The second kappa shape index (κ2) is 6.10. The number of hydrogen-bond acceptors (Lipinski definition) is 4. The molecule has 1 fully saturated rings. The highest BCUT2D eigenvalue weighted by Gasteiger charge is 2.24. The number of aromatic amines is 1. The maximum Gasteiger partial charge on any atom is 0.0702 e. The maximum atomic E-state index is 4.61. The molecule has 3 heterocycles. The molecule has 0 saturated carbocycles. The summed E-state index contributed by atoms with van der Waals surface area (Å²) < 4.78 is 0. The fraction of sp³-hybridized carbons (Fsp3) is 0.333. The molecule has 5 nitrogen and oxygen atoms in total. The minimum atomic E-state index is 0.357. The second-order valence-corrected chi connectivity index (χ2v) is 6.26. The average Bonchev–Trinajstić information content (AvgIpc) is 3.09. The molecule has 0 radical (unpaired) electrons. The van der Waals surface area contributed by atoms with Crippen LogP contribution in [0.5, 0.6) is 0 Å². The maximum absolute atomic E-state index is 4.61. The van der Waals surface area contributed by atoms with Crippen molar-refractivity contribution in [3.8, 4) is 0 Å². The fourth-order valence-electron chi connectivity index (χ4n) is 3.32. The Kier molecular flexibility index (Phi) is 3.81. The zero-order valence-corrected chi connectivity index (χ0v) is 13.3. The standard InChI is InChI=1S/C18H21N5/c1-13-2-3-17-15(6-13)7-14(8-20-17)12-23-5-4-19-11-18(23)16-9-21-22-10-16/h2-3,6-10,18-19H,4-5,11-12H2,1H3,(H,21,22). The lowest BCUT2D eigenvalue weighted by Crippen LogP contribution is -2.45. The zero-order valence-electron chi connectivity index (χ0n) is 13.3. The summed E-state index contributed by atoms with van der Waals surface area (Å²) in [5, 5.41) is 11.7. The first kappa shape index (κ1) is 14.4. The van der Waals surface area contributed by atoms with Gasteiger partial charge in [0.2, 0.25) is 0 Å². The molecule has 1 aromatic carbocycles. The minimum absolute atomic E-state index is 0.357. The van der Waals surface area contributed by atoms with E-state index in [4.69, 9.17) is 0 Å². The average molecular weight is 307 g/mol. The Hall–Kier alpha value is -2.24. The van der Waals surface area contributed by atoms with Gasteiger partial charge in [0.1, 0.15) is 0 Å². The third-order valence-corrected chi connectivity index (χ3v) is 4.54. The number of aromatic nitrogens is 3. The van der Waals surface area contributed by atoms with Gasteiger partial charge >= 0.3 is 0 Å². The molecule has 1 saturated heterocycles. The van der Waals surface area contributed by atoms with Gasteiger partial charge in [0.15, 0.2) is 0 Å². The van der Waals surface area contributed by atoms with Crippen molar-refractivity contribution in [1.82, 2.24) is 25.4 Å². The number of piperazine rings is 1. The number of nitrogens with zero attached hydrogens (tertiary/aromatic N) is 3. The summed E-state index contributed by atoms with van der Waals surface area (Å²) in [6.07, 6.45) is 5.92. The number of H-pyrrole nitrogens is 1. The zero-order chi connectivity index (χ0) is 15.6. The van der Waals surface area contributed by atoms with Crippen LogP contribution in [-0.4, -0.2) is 39.7 Å². The van der Waals surface area contributed by atoms with Gasteiger partial charge in [0.05, 0.1) is 17.8 Å². The van der Waals surface area contributed by atoms with Crippen molar-refractivity contribution < 1.29 is 0 Å². The van der Waals surface area contributed by atoms with Crippen LogP contribution < -0.4 is 5.32 Å². The summed E-state index contributed by atoms with van der Waals surface area (Å²) >= 11 is 0. The number of aryl methyl sites for hydroxylation is 1. The lowest BCUT2D eigenvalue weighted by molar-refractivity contribution is 0.153. The number of fused-ring (bicyclic) bond motifs is 1. The van der Waals surface area contributed by atoms with Crippen molar-refractivity contribution in [3.63, 3.8) is 0 Å². The molecule has 0 amide bonds. The predicted molar refractivity (Wildman–Crippen MR) is 91.1 cm³/mol. The van der Waals surface area contributed by atoms with Gasteiger partial charge in [0.25, 0.3) is 0 Å². The molecule has 2 aromatic heterocycles. The van der Waals surface area contributed by atoms with Crippen LogP contribution in [0.1, 0.15) is 22.7 Å². The summed E-state index contributed by atoms with van der Waals surface area (Å²) in [5.74, 6) is 0. The van der Waals surface area contributed by atoms with Crippen LogP contribution in [0.2, 0.25) is 0 Å². The summed E-state index contributed by atoms with van der Waals surface area (Å²) in [6.45, 7) is 6.04. The monoisotopic (exact) mass is 307 g/mol. The molecular weight excluding hydrogens is 286 g/mol. The summed E-state index contributed by atoms with van der Waals surface area (Å²) in [7, 11) is 0. The molecule has 3 aromatic rings. The molecule has 118 valence electrons. The van der Waals surface area contributed by atoms with Crippen molar-refractivity contribution in [1.29, 1.82) is 0 Å². The van der Waals surface area contributed by atoms with Gasteiger partial charge in [-0.3, -0.25) is 15.0 Å². The van der Waals surface area contributed by atoms with Crippen LogP contribution in [-0.2, 0) is 6.54 Å². The molecule has 2 N–H and O–H groups in total. The normalized spacial score (nSPS) is 19.3. The Morgan fingerprint density at radius 1 is 1.26 bits per heavy atom. The molecule has 0 spiro atoms. The van der Waals surface area contributed by atoms with Gasteiger partial charge < -0.3 is 5.32 Å². The molecule has 0 aliphatic carbocycles. The largest absolute Gasteiger partial charge is 0.314 e. The lowest BCUT2D eigenvalue weighted by atomic mass is 10.1. The van der Waals surface area contributed by atoms with Gasteiger partial charge in [-0.1, -0.05) is 11.6 Å². The first-order chi connectivity index (χ1) is 11.3. The fourth-order valence-corrected chi connectivity index (χ4v) is 3.32. The van der Waals surface area contributed by atoms with Gasteiger partial charge in [0, 0.05) is 49.5 Å². The Morgan fingerprint density at radius 3 is 3.09 bits per heavy atom. The summed E-state index contributed by atoms with van der Waals surface area (Å²) in [6, 6.07) is 9.03. The smallest absolute Gasteiger partial charge is 0.0702 e.